The quantitative estimate of drug-likeness (QED) is 0.838. The summed E-state index contributed by atoms with van der Waals surface area (Å²) >= 11 is 0. The van der Waals surface area contributed by atoms with Crippen LogP contribution in [0.1, 0.15) is 66.6 Å². The molecular formula is C16H24N2O3. The van der Waals surface area contributed by atoms with Crippen LogP contribution >= 0.6 is 0 Å². The van der Waals surface area contributed by atoms with Gasteiger partial charge in [0.25, 0.3) is 5.91 Å². The zero-order chi connectivity index (χ0) is 16.0. The number of carboxylic acid groups (broad SMARTS) is 1. The zero-order valence-electron chi connectivity index (χ0n) is 13.2. The van der Waals surface area contributed by atoms with Crippen LogP contribution in [0, 0.1) is 6.92 Å². The van der Waals surface area contributed by atoms with Crippen LogP contribution in [0.25, 0.3) is 0 Å². The average Bonchev–Trinajstić information content (AvgIpc) is 2.46. The third-order valence-electron chi connectivity index (χ3n) is 3.67. The number of carboxylic acids is 1. The van der Waals surface area contributed by atoms with E-state index in [0.29, 0.717) is 17.9 Å². The summed E-state index contributed by atoms with van der Waals surface area (Å²) in [6, 6.07) is 3.09. The largest absolute Gasteiger partial charge is 0.478 e. The molecule has 1 amide bonds. The maximum absolute atomic E-state index is 12.6. The van der Waals surface area contributed by atoms with Crippen molar-refractivity contribution in [3.63, 3.8) is 0 Å². The maximum atomic E-state index is 12.6. The molecule has 1 atom stereocenters. The molecule has 0 saturated carbocycles. The van der Waals surface area contributed by atoms with Crippen molar-refractivity contribution in [2.24, 2.45) is 0 Å². The average molecular weight is 292 g/mol. The Bertz CT molecular complexity index is 514. The number of amides is 1. The van der Waals surface area contributed by atoms with E-state index in [9.17, 15) is 9.59 Å². The van der Waals surface area contributed by atoms with Gasteiger partial charge in [0.2, 0.25) is 0 Å². The van der Waals surface area contributed by atoms with Gasteiger partial charge in [-0.25, -0.2) is 9.78 Å². The van der Waals surface area contributed by atoms with Gasteiger partial charge in [-0.1, -0.05) is 20.3 Å². The maximum Gasteiger partial charge on any atom is 0.337 e. The first-order chi connectivity index (χ1) is 9.92. The van der Waals surface area contributed by atoms with Gasteiger partial charge in [0.1, 0.15) is 5.69 Å². The zero-order valence-corrected chi connectivity index (χ0v) is 13.2. The van der Waals surface area contributed by atoms with Crippen LogP contribution in [-0.4, -0.2) is 39.5 Å². The third-order valence-corrected chi connectivity index (χ3v) is 3.67. The van der Waals surface area contributed by atoms with Crippen molar-refractivity contribution in [1.29, 1.82) is 0 Å². The van der Waals surface area contributed by atoms with Crippen molar-refractivity contribution >= 4 is 11.9 Å². The third kappa shape index (κ3) is 4.28. The first-order valence-electron chi connectivity index (χ1n) is 7.44. The first kappa shape index (κ1) is 17.1. The fourth-order valence-electron chi connectivity index (χ4n) is 2.12. The predicted octanol–water partition coefficient (Wildman–Crippen LogP) is 3.13. The lowest BCUT2D eigenvalue weighted by atomic mass is 10.1. The van der Waals surface area contributed by atoms with Crippen LogP contribution < -0.4 is 0 Å². The fourth-order valence-corrected chi connectivity index (χ4v) is 2.12. The Morgan fingerprint density at radius 2 is 2.00 bits per heavy atom. The molecule has 0 spiro atoms. The van der Waals surface area contributed by atoms with E-state index in [1.807, 2.05) is 18.7 Å². The van der Waals surface area contributed by atoms with Crippen LogP contribution in [0.5, 0.6) is 0 Å². The smallest absolute Gasteiger partial charge is 0.337 e. The lowest BCUT2D eigenvalue weighted by molar-refractivity contribution is 0.0669. The molecule has 1 aromatic heterocycles. The molecule has 1 N–H and O–H groups in total. The lowest BCUT2D eigenvalue weighted by Crippen LogP contribution is -2.39. The molecule has 116 valence electrons. The van der Waals surface area contributed by atoms with Gasteiger partial charge in [-0.15, -0.1) is 0 Å². The van der Waals surface area contributed by atoms with E-state index in [1.54, 1.807) is 6.92 Å². The van der Waals surface area contributed by atoms with E-state index in [2.05, 4.69) is 11.9 Å². The molecule has 0 aromatic carbocycles. The Morgan fingerprint density at radius 1 is 1.33 bits per heavy atom. The summed E-state index contributed by atoms with van der Waals surface area (Å²) in [5.74, 6) is -1.15. The molecule has 1 heterocycles. The van der Waals surface area contributed by atoms with Gasteiger partial charge in [-0.3, -0.25) is 4.79 Å². The summed E-state index contributed by atoms with van der Waals surface area (Å²) in [6.45, 7) is 8.46. The summed E-state index contributed by atoms with van der Waals surface area (Å²) < 4.78 is 0. The highest BCUT2D eigenvalue weighted by Crippen LogP contribution is 2.13. The van der Waals surface area contributed by atoms with Crippen LogP contribution in [0.4, 0.5) is 0 Å². The predicted molar refractivity (Wildman–Crippen MR) is 81.6 cm³/mol. The summed E-state index contributed by atoms with van der Waals surface area (Å²) in [6.07, 6.45) is 2.84. The minimum absolute atomic E-state index is 0.127. The minimum atomic E-state index is -1.02. The van der Waals surface area contributed by atoms with Gasteiger partial charge in [0, 0.05) is 12.6 Å². The Balaban J connectivity index is 3.03. The number of aryl methyl sites for hydroxylation is 1. The highest BCUT2D eigenvalue weighted by Gasteiger charge is 2.22. The number of aromatic carboxylic acids is 1. The van der Waals surface area contributed by atoms with Crippen molar-refractivity contribution < 1.29 is 14.7 Å². The molecule has 0 aliphatic heterocycles. The summed E-state index contributed by atoms with van der Waals surface area (Å²) in [5, 5.41) is 9.01. The molecule has 1 rings (SSSR count). The van der Waals surface area contributed by atoms with E-state index < -0.39 is 5.97 Å². The Labute approximate surface area is 126 Å². The molecule has 0 bridgehead atoms. The van der Waals surface area contributed by atoms with E-state index in [0.717, 1.165) is 19.3 Å². The molecule has 0 radical (unpaired) electrons. The van der Waals surface area contributed by atoms with Crippen LogP contribution in [-0.2, 0) is 0 Å². The van der Waals surface area contributed by atoms with Gasteiger partial charge in [-0.2, -0.15) is 0 Å². The highest BCUT2D eigenvalue weighted by atomic mass is 16.4. The number of hydrogen-bond donors (Lipinski definition) is 1. The van der Waals surface area contributed by atoms with Gasteiger partial charge in [0.05, 0.1) is 11.3 Å². The second-order valence-electron chi connectivity index (χ2n) is 5.24. The number of aromatic nitrogens is 1. The second-order valence-corrected chi connectivity index (χ2v) is 5.24. The standard InChI is InChI=1S/C16H24N2O3/c1-5-7-10-18(11(3)6-2)15(19)14-9-8-13(16(20)21)12(4)17-14/h8-9,11H,5-7,10H2,1-4H3,(H,20,21). The molecular weight excluding hydrogens is 268 g/mol. The van der Waals surface area contributed by atoms with E-state index in [-0.39, 0.29) is 17.5 Å². The SMILES string of the molecule is CCCCN(C(=O)c1ccc(C(=O)O)c(C)n1)C(C)CC. The fraction of sp³-hybridized carbons (Fsp3) is 0.562. The summed E-state index contributed by atoms with van der Waals surface area (Å²) in [4.78, 5) is 29.6. The molecule has 0 aliphatic carbocycles. The number of unbranched alkanes of at least 4 members (excludes halogenated alkanes) is 1. The number of rotatable bonds is 7. The van der Waals surface area contributed by atoms with Crippen molar-refractivity contribution in [2.45, 2.75) is 53.0 Å². The monoisotopic (exact) mass is 292 g/mol. The van der Waals surface area contributed by atoms with E-state index in [1.165, 1.54) is 12.1 Å². The topological polar surface area (TPSA) is 70.5 Å². The molecule has 21 heavy (non-hydrogen) atoms. The summed E-state index contributed by atoms with van der Waals surface area (Å²) in [7, 11) is 0. The normalized spacial score (nSPS) is 12.0. The molecule has 1 aromatic rings. The van der Waals surface area contributed by atoms with Crippen LogP contribution in [0.2, 0.25) is 0 Å². The van der Waals surface area contributed by atoms with Crippen LogP contribution in [0.3, 0.4) is 0 Å². The molecule has 5 nitrogen and oxygen atoms in total. The highest BCUT2D eigenvalue weighted by molar-refractivity contribution is 5.94. The molecule has 0 fully saturated rings. The molecule has 0 aliphatic rings. The van der Waals surface area contributed by atoms with Crippen molar-refractivity contribution in [3.05, 3.63) is 29.1 Å². The van der Waals surface area contributed by atoms with Gasteiger partial charge in [0.15, 0.2) is 0 Å². The molecule has 1 unspecified atom stereocenters. The van der Waals surface area contributed by atoms with Gasteiger partial charge < -0.3 is 10.0 Å². The Hall–Kier alpha value is -1.91. The number of hydrogen-bond acceptors (Lipinski definition) is 3. The van der Waals surface area contributed by atoms with Gasteiger partial charge in [-0.05, 0) is 38.8 Å². The van der Waals surface area contributed by atoms with Crippen molar-refractivity contribution in [2.75, 3.05) is 6.54 Å². The second kappa shape index (κ2) is 7.76. The van der Waals surface area contributed by atoms with E-state index >= 15 is 0 Å². The Kier molecular flexibility index (Phi) is 6.34. The van der Waals surface area contributed by atoms with Crippen molar-refractivity contribution in [1.82, 2.24) is 9.88 Å². The Morgan fingerprint density at radius 3 is 2.48 bits per heavy atom. The minimum Gasteiger partial charge on any atom is -0.478 e. The summed E-state index contributed by atoms with van der Waals surface area (Å²) in [5.41, 5.74) is 0.817. The number of carbonyl (C=O) groups excluding carboxylic acids is 1. The van der Waals surface area contributed by atoms with Crippen molar-refractivity contribution in [3.8, 4) is 0 Å². The van der Waals surface area contributed by atoms with Gasteiger partial charge >= 0.3 is 5.97 Å². The molecule has 5 heteroatoms. The number of pyridine rings is 1. The number of carbonyl (C=O) groups is 2. The van der Waals surface area contributed by atoms with Crippen LogP contribution in [0.15, 0.2) is 12.1 Å². The lowest BCUT2D eigenvalue weighted by Gasteiger charge is -2.28. The van der Waals surface area contributed by atoms with E-state index in [4.69, 9.17) is 5.11 Å². The number of nitrogens with zero attached hydrogens (tertiary/aromatic N) is 2. The first-order valence-corrected chi connectivity index (χ1v) is 7.44. The molecule has 0 saturated heterocycles.